The van der Waals surface area contributed by atoms with E-state index in [2.05, 4.69) is 10.3 Å². The third-order valence-corrected chi connectivity index (χ3v) is 5.91. The van der Waals surface area contributed by atoms with Crippen molar-refractivity contribution in [2.75, 3.05) is 18.5 Å². The van der Waals surface area contributed by atoms with Crippen LogP contribution in [0.15, 0.2) is 78.3 Å². The lowest BCUT2D eigenvalue weighted by atomic mass is 10.0. The van der Waals surface area contributed by atoms with Gasteiger partial charge in [0.25, 0.3) is 5.91 Å². The predicted molar refractivity (Wildman–Crippen MR) is 136 cm³/mol. The number of aromatic nitrogens is 1. The average Bonchev–Trinajstić information content (AvgIpc) is 3.30. The maximum atomic E-state index is 12.6. The molecule has 0 aliphatic heterocycles. The zero-order valence-corrected chi connectivity index (χ0v) is 19.7. The van der Waals surface area contributed by atoms with Crippen molar-refractivity contribution in [3.05, 3.63) is 89.4 Å². The second kappa shape index (κ2) is 11.2. The first-order chi connectivity index (χ1) is 17.1. The van der Waals surface area contributed by atoms with Gasteiger partial charge < -0.3 is 14.8 Å². The van der Waals surface area contributed by atoms with Crippen LogP contribution in [0.4, 0.5) is 5.00 Å². The molecule has 0 saturated heterocycles. The summed E-state index contributed by atoms with van der Waals surface area (Å²) in [4.78, 5) is 41.6. The van der Waals surface area contributed by atoms with Crippen LogP contribution in [0, 0.1) is 0 Å². The van der Waals surface area contributed by atoms with Gasteiger partial charge in [0.2, 0.25) is 0 Å². The highest BCUT2D eigenvalue weighted by Crippen LogP contribution is 2.36. The Morgan fingerprint density at radius 2 is 1.80 bits per heavy atom. The number of hydrogen-bond acceptors (Lipinski definition) is 7. The number of rotatable bonds is 8. The van der Waals surface area contributed by atoms with Gasteiger partial charge in [-0.05, 0) is 24.6 Å². The molecule has 7 nitrogen and oxygen atoms in total. The van der Waals surface area contributed by atoms with E-state index in [1.54, 1.807) is 24.6 Å². The number of para-hydroxylation sites is 1. The maximum Gasteiger partial charge on any atom is 0.341 e. The summed E-state index contributed by atoms with van der Waals surface area (Å²) in [6.07, 6.45) is 4.53. The topological polar surface area (TPSA) is 94.6 Å². The Morgan fingerprint density at radius 3 is 2.60 bits per heavy atom. The summed E-state index contributed by atoms with van der Waals surface area (Å²) >= 11 is 1.20. The summed E-state index contributed by atoms with van der Waals surface area (Å²) < 4.78 is 10.3. The van der Waals surface area contributed by atoms with E-state index < -0.39 is 24.5 Å². The first-order valence-electron chi connectivity index (χ1n) is 10.9. The molecule has 4 rings (SSSR count). The van der Waals surface area contributed by atoms with Crippen molar-refractivity contribution in [1.82, 2.24) is 4.98 Å². The number of fused-ring (bicyclic) bond motifs is 1. The molecular formula is C27H22N2O5S. The largest absolute Gasteiger partial charge is 0.462 e. The number of thiophene rings is 1. The highest BCUT2D eigenvalue weighted by molar-refractivity contribution is 7.15. The Bertz CT molecular complexity index is 1390. The minimum atomic E-state index is -0.671. The van der Waals surface area contributed by atoms with Crippen LogP contribution in [-0.4, -0.2) is 36.0 Å². The summed E-state index contributed by atoms with van der Waals surface area (Å²) in [5, 5.41) is 5.73. The van der Waals surface area contributed by atoms with Crippen LogP contribution in [0.2, 0.25) is 0 Å². The summed E-state index contributed by atoms with van der Waals surface area (Å²) in [5.74, 6) is -1.77. The molecule has 0 aliphatic carbocycles. The fourth-order valence-corrected chi connectivity index (χ4v) is 4.43. The predicted octanol–water partition coefficient (Wildman–Crippen LogP) is 5.34. The molecule has 176 valence electrons. The van der Waals surface area contributed by atoms with Crippen LogP contribution in [0.25, 0.3) is 28.1 Å². The van der Waals surface area contributed by atoms with Crippen LogP contribution in [0.3, 0.4) is 0 Å². The van der Waals surface area contributed by atoms with E-state index in [4.69, 9.17) is 9.47 Å². The quantitative estimate of drug-likeness (QED) is 0.267. The first kappa shape index (κ1) is 23.8. The zero-order chi connectivity index (χ0) is 24.6. The van der Waals surface area contributed by atoms with E-state index in [1.165, 1.54) is 17.4 Å². The Kier molecular flexibility index (Phi) is 7.64. The van der Waals surface area contributed by atoms with E-state index in [0.29, 0.717) is 10.6 Å². The number of anilines is 1. The van der Waals surface area contributed by atoms with Crippen LogP contribution in [0.1, 0.15) is 22.8 Å². The molecule has 35 heavy (non-hydrogen) atoms. The molecule has 0 atom stereocenters. The second-order valence-electron chi connectivity index (χ2n) is 7.35. The van der Waals surface area contributed by atoms with Gasteiger partial charge in [-0.1, -0.05) is 54.6 Å². The lowest BCUT2D eigenvalue weighted by molar-refractivity contribution is -0.142. The fourth-order valence-electron chi connectivity index (χ4n) is 3.45. The van der Waals surface area contributed by atoms with E-state index >= 15 is 0 Å². The van der Waals surface area contributed by atoms with Crippen LogP contribution in [0.5, 0.6) is 0 Å². The van der Waals surface area contributed by atoms with Crippen molar-refractivity contribution in [3.8, 4) is 11.1 Å². The van der Waals surface area contributed by atoms with Crippen molar-refractivity contribution < 1.29 is 23.9 Å². The number of nitrogens with one attached hydrogen (secondary N) is 1. The van der Waals surface area contributed by atoms with Crippen molar-refractivity contribution in [1.29, 1.82) is 0 Å². The average molecular weight is 487 g/mol. The van der Waals surface area contributed by atoms with Gasteiger partial charge in [-0.2, -0.15) is 0 Å². The lowest BCUT2D eigenvalue weighted by Gasteiger charge is -2.09. The van der Waals surface area contributed by atoms with Gasteiger partial charge in [0, 0.05) is 34.2 Å². The molecule has 0 radical (unpaired) electrons. The molecular weight excluding hydrogens is 464 g/mol. The molecule has 0 aliphatic rings. The normalized spacial score (nSPS) is 10.9. The Hall–Kier alpha value is -4.30. The third kappa shape index (κ3) is 5.80. The van der Waals surface area contributed by atoms with E-state index in [-0.39, 0.29) is 12.2 Å². The van der Waals surface area contributed by atoms with Gasteiger partial charge >= 0.3 is 11.9 Å². The summed E-state index contributed by atoms with van der Waals surface area (Å²) in [5.41, 5.74) is 3.27. The number of carbonyl (C=O) groups is 3. The van der Waals surface area contributed by atoms with Gasteiger partial charge in [-0.25, -0.2) is 9.59 Å². The Morgan fingerprint density at radius 1 is 1.00 bits per heavy atom. The number of esters is 2. The number of ether oxygens (including phenoxy) is 2. The number of amides is 1. The van der Waals surface area contributed by atoms with Gasteiger partial charge in [-0.15, -0.1) is 11.3 Å². The van der Waals surface area contributed by atoms with E-state index in [0.717, 1.165) is 22.0 Å². The molecule has 2 aromatic carbocycles. The number of carbonyl (C=O) groups excluding carboxylic acids is 3. The van der Waals surface area contributed by atoms with Crippen molar-refractivity contribution in [2.45, 2.75) is 6.92 Å². The molecule has 1 amide bonds. The number of pyridine rings is 1. The smallest absolute Gasteiger partial charge is 0.341 e. The van der Waals surface area contributed by atoms with Crippen LogP contribution >= 0.6 is 11.3 Å². The number of hydrogen-bond donors (Lipinski definition) is 1. The minimum absolute atomic E-state index is 0.201. The standard InChI is InChI=1S/C27H22N2O5S/c1-2-33-27(32)24-21(18-8-4-3-5-9-18)17-35-26(24)29-22(30)16-34-23(31)14-13-20-11-6-10-19-12-7-15-28-25(19)20/h3-15,17H,2,16H2,1H3,(H,29,30). The van der Waals surface area contributed by atoms with Crippen molar-refractivity contribution >= 4 is 51.2 Å². The summed E-state index contributed by atoms with van der Waals surface area (Å²) in [6, 6.07) is 18.8. The maximum absolute atomic E-state index is 12.6. The van der Waals surface area contributed by atoms with E-state index in [1.807, 2.05) is 60.7 Å². The van der Waals surface area contributed by atoms with Crippen LogP contribution < -0.4 is 5.32 Å². The molecule has 0 unspecified atom stereocenters. The molecule has 0 bridgehead atoms. The summed E-state index contributed by atoms with van der Waals surface area (Å²) in [6.45, 7) is 1.41. The first-order valence-corrected chi connectivity index (χ1v) is 11.8. The SMILES string of the molecule is CCOC(=O)c1c(-c2ccccc2)csc1NC(=O)COC(=O)C=Cc1cccc2cccnc12. The third-order valence-electron chi connectivity index (χ3n) is 5.02. The van der Waals surface area contributed by atoms with E-state index in [9.17, 15) is 14.4 Å². The van der Waals surface area contributed by atoms with Gasteiger partial charge in [-0.3, -0.25) is 9.78 Å². The minimum Gasteiger partial charge on any atom is -0.462 e. The molecule has 0 saturated carbocycles. The van der Waals surface area contributed by atoms with Crippen LogP contribution in [-0.2, 0) is 19.1 Å². The highest BCUT2D eigenvalue weighted by Gasteiger charge is 2.23. The summed E-state index contributed by atoms with van der Waals surface area (Å²) in [7, 11) is 0. The fraction of sp³-hybridized carbons (Fsp3) is 0.111. The highest BCUT2D eigenvalue weighted by atomic mass is 32.1. The van der Waals surface area contributed by atoms with Crippen molar-refractivity contribution in [3.63, 3.8) is 0 Å². The van der Waals surface area contributed by atoms with Crippen molar-refractivity contribution in [2.24, 2.45) is 0 Å². The molecule has 1 N–H and O–H groups in total. The molecule has 2 aromatic heterocycles. The zero-order valence-electron chi connectivity index (χ0n) is 18.9. The monoisotopic (exact) mass is 486 g/mol. The van der Waals surface area contributed by atoms with Gasteiger partial charge in [0.05, 0.1) is 12.1 Å². The number of nitrogens with zero attached hydrogens (tertiary/aromatic N) is 1. The lowest BCUT2D eigenvalue weighted by Crippen LogP contribution is -2.21. The Balaban J connectivity index is 1.42. The second-order valence-corrected chi connectivity index (χ2v) is 8.23. The number of benzene rings is 2. The molecule has 0 spiro atoms. The Labute approximate surface area is 206 Å². The molecule has 4 aromatic rings. The van der Waals surface area contributed by atoms with Gasteiger partial charge in [0.1, 0.15) is 10.6 Å². The van der Waals surface area contributed by atoms with Gasteiger partial charge in [0.15, 0.2) is 6.61 Å². The molecule has 8 heteroatoms. The molecule has 2 heterocycles. The molecule has 0 fully saturated rings.